The van der Waals surface area contributed by atoms with Gasteiger partial charge >= 0.3 is 0 Å². The molecule has 0 unspecified atom stereocenters. The van der Waals surface area contributed by atoms with Crippen LogP contribution in [0.5, 0.6) is 0 Å². The second-order valence-corrected chi connectivity index (χ2v) is 5.56. The molecular weight excluding hydrogens is 332 g/mol. The van der Waals surface area contributed by atoms with E-state index in [0.29, 0.717) is 0 Å². The quantitative estimate of drug-likeness (QED) is 0.667. The molecule has 0 saturated carbocycles. The molecule has 3 nitrogen and oxygen atoms in total. The minimum atomic E-state index is -0.715. The Morgan fingerprint density at radius 3 is 2.64 bits per heavy atom. The van der Waals surface area contributed by atoms with Crippen LogP contribution in [0.3, 0.4) is 0 Å². The van der Waals surface area contributed by atoms with E-state index < -0.39 is 5.91 Å². The molecule has 0 spiro atoms. The Hall–Kier alpha value is -0.640. The largest absolute Gasteiger partial charge is 0.365 e. The molecular formula is C8H4Br2N2OS. The Labute approximate surface area is 101 Å². The summed E-state index contributed by atoms with van der Waals surface area (Å²) in [5.74, 6) is -0.715. The fraction of sp³-hybridized carbons (Fsp3) is 0. The maximum atomic E-state index is 10.7. The van der Waals surface area contributed by atoms with Gasteiger partial charge in [0.05, 0.1) is 3.79 Å². The van der Waals surface area contributed by atoms with E-state index in [4.69, 9.17) is 11.0 Å². The highest BCUT2D eigenvalue weighted by molar-refractivity contribution is 9.13. The van der Waals surface area contributed by atoms with Crippen LogP contribution in [0.1, 0.15) is 4.88 Å². The van der Waals surface area contributed by atoms with Gasteiger partial charge in [-0.15, -0.1) is 11.3 Å². The zero-order valence-electron chi connectivity index (χ0n) is 6.75. The van der Waals surface area contributed by atoms with Gasteiger partial charge in [-0.25, -0.2) is 0 Å². The lowest BCUT2D eigenvalue weighted by molar-refractivity contribution is -0.114. The molecule has 1 rings (SSSR count). The number of hydrogen-bond acceptors (Lipinski definition) is 3. The minimum Gasteiger partial charge on any atom is -0.365 e. The molecule has 0 aliphatic rings. The van der Waals surface area contributed by atoms with Gasteiger partial charge in [0.2, 0.25) is 0 Å². The smallest absolute Gasteiger partial charge is 0.259 e. The van der Waals surface area contributed by atoms with E-state index in [1.807, 2.05) is 0 Å². The first-order valence-corrected chi connectivity index (χ1v) is 5.81. The molecule has 72 valence electrons. The topological polar surface area (TPSA) is 66.9 Å². The van der Waals surface area contributed by atoms with Gasteiger partial charge in [-0.2, -0.15) is 5.26 Å². The number of amides is 1. The predicted molar refractivity (Wildman–Crippen MR) is 62.5 cm³/mol. The molecule has 0 bridgehead atoms. The van der Waals surface area contributed by atoms with Crippen LogP contribution in [-0.2, 0) is 4.79 Å². The first-order valence-electron chi connectivity index (χ1n) is 3.41. The molecule has 0 fully saturated rings. The van der Waals surface area contributed by atoms with E-state index in [0.717, 1.165) is 13.1 Å². The Kier molecular flexibility index (Phi) is 3.86. The van der Waals surface area contributed by atoms with Crippen LogP contribution in [0.15, 0.2) is 19.9 Å². The van der Waals surface area contributed by atoms with Gasteiger partial charge in [0, 0.05) is 9.35 Å². The zero-order chi connectivity index (χ0) is 10.7. The number of nitrogens with two attached hydrogens (primary N) is 1. The average Bonchev–Trinajstić information content (AvgIpc) is 2.41. The van der Waals surface area contributed by atoms with Crippen molar-refractivity contribution in [3.05, 3.63) is 24.8 Å². The first kappa shape index (κ1) is 11.4. The summed E-state index contributed by atoms with van der Waals surface area (Å²) in [5.41, 5.74) is 4.94. The second kappa shape index (κ2) is 4.73. The normalized spacial score (nSPS) is 11.1. The third kappa shape index (κ3) is 2.67. The summed E-state index contributed by atoms with van der Waals surface area (Å²) in [6.45, 7) is 0. The van der Waals surface area contributed by atoms with Crippen molar-refractivity contribution in [2.24, 2.45) is 5.73 Å². The number of primary amides is 1. The van der Waals surface area contributed by atoms with Crippen LogP contribution in [-0.4, -0.2) is 5.91 Å². The van der Waals surface area contributed by atoms with Gasteiger partial charge in [0.25, 0.3) is 5.91 Å². The third-order valence-corrected chi connectivity index (χ3v) is 4.54. The molecule has 6 heteroatoms. The molecule has 0 saturated heterocycles. The molecule has 0 aromatic carbocycles. The van der Waals surface area contributed by atoms with Crippen molar-refractivity contribution in [2.45, 2.75) is 0 Å². The maximum Gasteiger partial charge on any atom is 0.259 e. The van der Waals surface area contributed by atoms with Crippen LogP contribution in [0, 0.1) is 11.3 Å². The summed E-state index contributed by atoms with van der Waals surface area (Å²) in [7, 11) is 0. The highest BCUT2D eigenvalue weighted by atomic mass is 79.9. The Balaban J connectivity index is 3.08. The molecule has 1 heterocycles. The molecule has 14 heavy (non-hydrogen) atoms. The van der Waals surface area contributed by atoms with Crippen LogP contribution < -0.4 is 5.73 Å². The second-order valence-electron chi connectivity index (χ2n) is 2.30. The van der Waals surface area contributed by atoms with Gasteiger partial charge in [0.15, 0.2) is 0 Å². The Morgan fingerprint density at radius 2 is 2.29 bits per heavy atom. The summed E-state index contributed by atoms with van der Waals surface area (Å²) in [6.07, 6.45) is 1.46. The van der Waals surface area contributed by atoms with Crippen molar-refractivity contribution < 1.29 is 4.79 Å². The Bertz CT molecular complexity index is 425. The van der Waals surface area contributed by atoms with Gasteiger partial charge < -0.3 is 5.73 Å². The monoisotopic (exact) mass is 334 g/mol. The number of carbonyl (C=O) groups is 1. The lowest BCUT2D eigenvalue weighted by Gasteiger charge is -1.88. The van der Waals surface area contributed by atoms with Crippen molar-refractivity contribution in [3.8, 4) is 6.07 Å². The van der Waals surface area contributed by atoms with E-state index >= 15 is 0 Å². The predicted octanol–water partition coefficient (Wildman–Crippen LogP) is 2.67. The van der Waals surface area contributed by atoms with Crippen LogP contribution >= 0.6 is 43.2 Å². The standard InChI is InChI=1S/C8H4Br2N2OS/c9-6-2-5(14-7(6)10)1-4(3-11)8(12)13/h1-2H,(H2,12,13). The van der Waals surface area contributed by atoms with Gasteiger partial charge in [-0.05, 0) is 44.0 Å². The van der Waals surface area contributed by atoms with E-state index in [2.05, 4.69) is 31.9 Å². The summed E-state index contributed by atoms with van der Waals surface area (Å²) in [5, 5.41) is 8.60. The SMILES string of the molecule is N#CC(=Cc1cc(Br)c(Br)s1)C(N)=O. The molecule has 1 aromatic rings. The Morgan fingerprint density at radius 1 is 1.64 bits per heavy atom. The van der Waals surface area contributed by atoms with Gasteiger partial charge in [0.1, 0.15) is 11.6 Å². The zero-order valence-corrected chi connectivity index (χ0v) is 10.7. The van der Waals surface area contributed by atoms with Crippen molar-refractivity contribution >= 4 is 55.2 Å². The van der Waals surface area contributed by atoms with Gasteiger partial charge in [-0.1, -0.05) is 0 Å². The van der Waals surface area contributed by atoms with Gasteiger partial charge in [-0.3, -0.25) is 4.79 Å². The molecule has 1 aromatic heterocycles. The summed E-state index contributed by atoms with van der Waals surface area (Å²) in [4.78, 5) is 11.5. The highest BCUT2D eigenvalue weighted by Crippen LogP contribution is 2.33. The summed E-state index contributed by atoms with van der Waals surface area (Å²) < 4.78 is 1.79. The molecule has 0 aliphatic heterocycles. The van der Waals surface area contributed by atoms with Crippen molar-refractivity contribution in [2.75, 3.05) is 0 Å². The molecule has 1 amide bonds. The van der Waals surface area contributed by atoms with Crippen LogP contribution in [0.25, 0.3) is 6.08 Å². The summed E-state index contributed by atoms with van der Waals surface area (Å²) >= 11 is 8.02. The number of rotatable bonds is 2. The number of halogens is 2. The third-order valence-electron chi connectivity index (χ3n) is 1.34. The van der Waals surface area contributed by atoms with E-state index in [1.54, 1.807) is 12.1 Å². The molecule has 0 radical (unpaired) electrons. The number of thiophene rings is 1. The van der Waals surface area contributed by atoms with Crippen molar-refractivity contribution in [1.29, 1.82) is 5.26 Å². The van der Waals surface area contributed by atoms with Crippen molar-refractivity contribution in [1.82, 2.24) is 0 Å². The average molecular weight is 336 g/mol. The fourth-order valence-electron chi connectivity index (χ4n) is 0.735. The number of nitriles is 1. The fourth-order valence-corrected chi connectivity index (χ4v) is 2.77. The highest BCUT2D eigenvalue weighted by Gasteiger charge is 2.06. The minimum absolute atomic E-state index is 0.0498. The molecule has 0 atom stereocenters. The lowest BCUT2D eigenvalue weighted by atomic mass is 10.2. The number of hydrogen-bond donors (Lipinski definition) is 1. The molecule has 0 aliphatic carbocycles. The first-order chi connectivity index (χ1) is 6.54. The number of carbonyl (C=O) groups excluding carboxylic acids is 1. The van der Waals surface area contributed by atoms with Crippen molar-refractivity contribution in [3.63, 3.8) is 0 Å². The van der Waals surface area contributed by atoms with E-state index in [9.17, 15) is 4.79 Å². The lowest BCUT2D eigenvalue weighted by Crippen LogP contribution is -2.12. The maximum absolute atomic E-state index is 10.7. The number of nitrogens with zero attached hydrogens (tertiary/aromatic N) is 1. The van der Waals surface area contributed by atoms with E-state index in [-0.39, 0.29) is 5.57 Å². The van der Waals surface area contributed by atoms with E-state index in [1.165, 1.54) is 17.4 Å². The van der Waals surface area contributed by atoms with Crippen LogP contribution in [0.2, 0.25) is 0 Å². The summed E-state index contributed by atoms with van der Waals surface area (Å²) in [6, 6.07) is 3.54. The van der Waals surface area contributed by atoms with Crippen LogP contribution in [0.4, 0.5) is 0 Å². The molecule has 2 N–H and O–H groups in total.